The van der Waals surface area contributed by atoms with Gasteiger partial charge in [-0.3, -0.25) is 0 Å². The highest BCUT2D eigenvalue weighted by atomic mass is 32.2. The molecule has 1 saturated heterocycles. The first kappa shape index (κ1) is 13.7. The van der Waals surface area contributed by atoms with E-state index < -0.39 is 0 Å². The van der Waals surface area contributed by atoms with Crippen molar-refractivity contribution in [3.05, 3.63) is 10.6 Å². The molecular formula is C14H23N3S2. The third kappa shape index (κ3) is 3.09. The Morgan fingerprint density at radius 1 is 1.26 bits per heavy atom. The van der Waals surface area contributed by atoms with Gasteiger partial charge in [0.1, 0.15) is 0 Å². The Hall–Kier alpha value is -0.260. The van der Waals surface area contributed by atoms with Crippen LogP contribution in [0.3, 0.4) is 0 Å². The van der Waals surface area contributed by atoms with Gasteiger partial charge < -0.3 is 10.2 Å². The standard InChI is InChI=1S/C14H23N3S2/c1-9-7-17(8-10(2)18-9)14-16-13(11-4-5-11)12(19-14)6-15-3/h9-11,15H,4-8H2,1-3H3. The Balaban J connectivity index is 1.81. The molecule has 2 unspecified atom stereocenters. The first-order valence-corrected chi connectivity index (χ1v) is 8.98. The van der Waals surface area contributed by atoms with Crippen LogP contribution < -0.4 is 10.2 Å². The maximum absolute atomic E-state index is 4.98. The molecular weight excluding hydrogens is 274 g/mol. The van der Waals surface area contributed by atoms with Crippen LogP contribution in [0.2, 0.25) is 0 Å². The van der Waals surface area contributed by atoms with E-state index >= 15 is 0 Å². The van der Waals surface area contributed by atoms with Gasteiger partial charge in [-0.2, -0.15) is 11.8 Å². The average Bonchev–Trinajstić information content (AvgIpc) is 3.10. The summed E-state index contributed by atoms with van der Waals surface area (Å²) in [5.74, 6) is 0.752. The molecule has 2 atom stereocenters. The maximum Gasteiger partial charge on any atom is 0.185 e. The fourth-order valence-electron chi connectivity index (χ4n) is 2.78. The summed E-state index contributed by atoms with van der Waals surface area (Å²) < 4.78 is 0. The predicted molar refractivity (Wildman–Crippen MR) is 85.6 cm³/mol. The molecule has 0 radical (unpaired) electrons. The molecule has 1 N–H and O–H groups in total. The van der Waals surface area contributed by atoms with Gasteiger partial charge in [0.25, 0.3) is 0 Å². The summed E-state index contributed by atoms with van der Waals surface area (Å²) in [5, 5.41) is 5.97. The summed E-state index contributed by atoms with van der Waals surface area (Å²) in [5.41, 5.74) is 1.38. The van der Waals surface area contributed by atoms with Crippen LogP contribution in [-0.2, 0) is 6.54 Å². The van der Waals surface area contributed by atoms with Crippen molar-refractivity contribution in [2.45, 2.75) is 49.7 Å². The molecule has 2 aliphatic rings. The van der Waals surface area contributed by atoms with E-state index in [-0.39, 0.29) is 0 Å². The van der Waals surface area contributed by atoms with Gasteiger partial charge in [-0.1, -0.05) is 13.8 Å². The van der Waals surface area contributed by atoms with Gasteiger partial charge in [0, 0.05) is 40.9 Å². The molecule has 3 nitrogen and oxygen atoms in total. The largest absolute Gasteiger partial charge is 0.346 e. The topological polar surface area (TPSA) is 28.2 Å². The van der Waals surface area contributed by atoms with E-state index in [0.29, 0.717) is 10.5 Å². The van der Waals surface area contributed by atoms with E-state index in [4.69, 9.17) is 4.98 Å². The Bertz CT molecular complexity index is 432. The molecule has 3 rings (SSSR count). The van der Waals surface area contributed by atoms with Gasteiger partial charge in [0.15, 0.2) is 5.13 Å². The quantitative estimate of drug-likeness (QED) is 0.924. The molecule has 106 valence electrons. The lowest BCUT2D eigenvalue weighted by atomic mass is 10.2. The first-order valence-electron chi connectivity index (χ1n) is 7.22. The average molecular weight is 297 g/mol. The highest BCUT2D eigenvalue weighted by molar-refractivity contribution is 8.00. The monoisotopic (exact) mass is 297 g/mol. The van der Waals surface area contributed by atoms with Crippen molar-refractivity contribution in [3.63, 3.8) is 0 Å². The van der Waals surface area contributed by atoms with Crippen molar-refractivity contribution in [1.29, 1.82) is 0 Å². The molecule has 0 aromatic carbocycles. The van der Waals surface area contributed by atoms with Gasteiger partial charge in [0.2, 0.25) is 0 Å². The van der Waals surface area contributed by atoms with Crippen molar-refractivity contribution in [2.24, 2.45) is 0 Å². The number of thiazole rings is 1. The zero-order valence-corrected chi connectivity index (χ0v) is 13.6. The third-order valence-corrected chi connectivity index (χ3v) is 6.07. The lowest BCUT2D eigenvalue weighted by Crippen LogP contribution is -2.40. The zero-order chi connectivity index (χ0) is 13.4. The van der Waals surface area contributed by atoms with E-state index in [1.807, 2.05) is 18.4 Å². The number of aromatic nitrogens is 1. The molecule has 1 saturated carbocycles. The second-order valence-electron chi connectivity index (χ2n) is 5.77. The molecule has 19 heavy (non-hydrogen) atoms. The summed E-state index contributed by atoms with van der Waals surface area (Å²) in [7, 11) is 2.03. The van der Waals surface area contributed by atoms with Crippen molar-refractivity contribution in [2.75, 3.05) is 25.0 Å². The molecule has 0 spiro atoms. The van der Waals surface area contributed by atoms with Gasteiger partial charge in [-0.25, -0.2) is 4.98 Å². The van der Waals surface area contributed by atoms with Crippen LogP contribution in [-0.4, -0.2) is 35.6 Å². The maximum atomic E-state index is 4.98. The predicted octanol–water partition coefficient (Wildman–Crippen LogP) is 3.07. The van der Waals surface area contributed by atoms with Crippen molar-refractivity contribution < 1.29 is 0 Å². The number of anilines is 1. The minimum absolute atomic E-state index is 0.713. The van der Waals surface area contributed by atoms with Gasteiger partial charge in [0.05, 0.1) is 5.69 Å². The molecule has 2 heterocycles. The van der Waals surface area contributed by atoms with Crippen LogP contribution >= 0.6 is 23.1 Å². The summed E-state index contributed by atoms with van der Waals surface area (Å²) in [6.45, 7) is 7.92. The van der Waals surface area contributed by atoms with Crippen LogP contribution in [0.1, 0.15) is 43.2 Å². The highest BCUT2D eigenvalue weighted by Gasteiger charge is 2.31. The lowest BCUT2D eigenvalue weighted by Gasteiger charge is -2.34. The number of hydrogen-bond donors (Lipinski definition) is 1. The van der Waals surface area contributed by atoms with E-state index in [0.717, 1.165) is 25.6 Å². The van der Waals surface area contributed by atoms with E-state index in [2.05, 4.69) is 35.8 Å². The second-order valence-corrected chi connectivity index (χ2v) is 8.72. The molecule has 1 aliphatic carbocycles. The van der Waals surface area contributed by atoms with Gasteiger partial charge in [-0.15, -0.1) is 11.3 Å². The van der Waals surface area contributed by atoms with Crippen LogP contribution in [0.4, 0.5) is 5.13 Å². The second kappa shape index (κ2) is 5.62. The molecule has 1 aliphatic heterocycles. The SMILES string of the molecule is CNCc1sc(N2CC(C)SC(C)C2)nc1C1CC1. The van der Waals surface area contributed by atoms with Crippen molar-refractivity contribution >= 4 is 28.2 Å². The summed E-state index contributed by atoms with van der Waals surface area (Å²) in [6, 6.07) is 0. The molecule has 0 amide bonds. The molecule has 1 aromatic rings. The van der Waals surface area contributed by atoms with Crippen LogP contribution in [0.15, 0.2) is 0 Å². The van der Waals surface area contributed by atoms with Crippen LogP contribution in [0.25, 0.3) is 0 Å². The Kier molecular flexibility index (Phi) is 4.06. The van der Waals surface area contributed by atoms with Crippen molar-refractivity contribution in [3.8, 4) is 0 Å². The summed E-state index contributed by atoms with van der Waals surface area (Å²) >= 11 is 4.01. The number of rotatable bonds is 4. The van der Waals surface area contributed by atoms with Crippen LogP contribution in [0, 0.1) is 0 Å². The van der Waals surface area contributed by atoms with E-state index in [1.54, 1.807) is 0 Å². The normalized spacial score (nSPS) is 27.8. The minimum Gasteiger partial charge on any atom is -0.346 e. The molecule has 1 aromatic heterocycles. The van der Waals surface area contributed by atoms with Crippen LogP contribution in [0.5, 0.6) is 0 Å². The van der Waals surface area contributed by atoms with Crippen molar-refractivity contribution in [1.82, 2.24) is 10.3 Å². The Labute approximate surface area is 124 Å². The number of thioether (sulfide) groups is 1. The minimum atomic E-state index is 0.713. The first-order chi connectivity index (χ1) is 9.17. The number of nitrogens with one attached hydrogen (secondary N) is 1. The van der Waals surface area contributed by atoms with Gasteiger partial charge in [-0.05, 0) is 19.9 Å². The number of hydrogen-bond acceptors (Lipinski definition) is 5. The lowest BCUT2D eigenvalue weighted by molar-refractivity contribution is 0.723. The Morgan fingerprint density at radius 2 is 1.95 bits per heavy atom. The molecule has 0 bridgehead atoms. The zero-order valence-electron chi connectivity index (χ0n) is 12.0. The smallest absolute Gasteiger partial charge is 0.185 e. The molecule has 2 fully saturated rings. The highest BCUT2D eigenvalue weighted by Crippen LogP contribution is 2.44. The van der Waals surface area contributed by atoms with E-state index in [1.165, 1.54) is 28.5 Å². The summed E-state index contributed by atoms with van der Waals surface area (Å²) in [6.07, 6.45) is 2.67. The van der Waals surface area contributed by atoms with Gasteiger partial charge >= 0.3 is 0 Å². The fraction of sp³-hybridized carbons (Fsp3) is 0.786. The fourth-order valence-corrected chi connectivity index (χ4v) is 5.28. The Morgan fingerprint density at radius 3 is 2.53 bits per heavy atom. The third-order valence-electron chi connectivity index (χ3n) is 3.71. The number of nitrogens with zero attached hydrogens (tertiary/aromatic N) is 2. The van der Waals surface area contributed by atoms with E-state index in [9.17, 15) is 0 Å². The molecule has 5 heteroatoms. The summed E-state index contributed by atoms with van der Waals surface area (Å²) in [4.78, 5) is 8.94.